The highest BCUT2D eigenvalue weighted by Gasteiger charge is 2.72. The zero-order chi connectivity index (χ0) is 22.1. The van der Waals surface area contributed by atoms with Gasteiger partial charge in [0, 0.05) is 24.2 Å². The number of ether oxygens (including phenoxy) is 3. The van der Waals surface area contributed by atoms with Crippen molar-refractivity contribution in [1.29, 1.82) is 0 Å². The fraction of sp³-hybridized carbons (Fsp3) is 0.741. The highest BCUT2D eigenvalue weighted by molar-refractivity contribution is 9.10. The number of fused-ring (bicyclic) bond motifs is 3. The Morgan fingerprint density at radius 3 is 2.69 bits per heavy atom. The molecule has 0 aromatic heterocycles. The van der Waals surface area contributed by atoms with Gasteiger partial charge in [-0.15, -0.1) is 0 Å². The molecule has 4 aliphatic carbocycles. The van der Waals surface area contributed by atoms with Gasteiger partial charge in [-0.2, -0.15) is 0 Å². The summed E-state index contributed by atoms with van der Waals surface area (Å²) in [6, 6.07) is 10.4. The summed E-state index contributed by atoms with van der Waals surface area (Å²) >= 11 is 4.25. The molecule has 174 valence electrons. The van der Waals surface area contributed by atoms with E-state index in [2.05, 4.69) is 53.2 Å². The molecule has 5 aliphatic rings. The molecule has 1 aliphatic heterocycles. The van der Waals surface area contributed by atoms with Gasteiger partial charge in [0.1, 0.15) is 18.0 Å². The van der Waals surface area contributed by atoms with Gasteiger partial charge in [-0.3, -0.25) is 4.79 Å². The van der Waals surface area contributed by atoms with Gasteiger partial charge in [0.2, 0.25) is 0 Å². The highest BCUT2D eigenvalue weighted by atomic mass is 79.9. The van der Waals surface area contributed by atoms with Crippen molar-refractivity contribution in [3.8, 4) is 5.75 Å². The second-order valence-electron chi connectivity index (χ2n) is 11.4. The summed E-state index contributed by atoms with van der Waals surface area (Å²) in [4.78, 5) is 11.6. The molecule has 0 N–H and O–H groups in total. The first-order chi connectivity index (χ1) is 15.4. The number of benzene rings is 1. The lowest BCUT2D eigenvalue weighted by Gasteiger charge is -2.62. The number of hydrogen-bond donors (Lipinski definition) is 0. The Hall–Kier alpha value is -1.07. The van der Waals surface area contributed by atoms with E-state index in [9.17, 15) is 4.79 Å². The second-order valence-corrected chi connectivity index (χ2v) is 12.9. The standard InChI is InChI=1S/C27H35BrO4/c1-17(29)31-19-10-13-26-16-30-24(27(26,28)15-19)14-20-21-8-9-23(25(21,2)12-11-22(20)26)32-18-6-4-3-5-7-18/h3-7,19-24H,8-16H2,1-2H3/t19-,20+,21+,22+,23+,24-,25+,26+,27-/m1/s1. The molecule has 5 fully saturated rings. The minimum Gasteiger partial charge on any atom is -0.490 e. The molecule has 6 rings (SSSR count). The van der Waals surface area contributed by atoms with E-state index in [0.717, 1.165) is 44.5 Å². The summed E-state index contributed by atoms with van der Waals surface area (Å²) < 4.78 is 18.8. The molecule has 5 heteroatoms. The number of esters is 1. The summed E-state index contributed by atoms with van der Waals surface area (Å²) in [5.41, 5.74) is 0.422. The Morgan fingerprint density at radius 2 is 1.91 bits per heavy atom. The van der Waals surface area contributed by atoms with Gasteiger partial charge in [0.25, 0.3) is 0 Å². The van der Waals surface area contributed by atoms with Crippen LogP contribution in [0, 0.1) is 28.6 Å². The molecule has 4 nitrogen and oxygen atoms in total. The minimum atomic E-state index is -0.159. The third-order valence-corrected chi connectivity index (χ3v) is 11.8. The molecule has 1 heterocycles. The summed E-state index contributed by atoms with van der Waals surface area (Å²) in [5.74, 6) is 2.96. The quantitative estimate of drug-likeness (QED) is 0.380. The number of rotatable bonds is 3. The number of alkyl halides is 1. The maximum atomic E-state index is 11.6. The molecule has 0 amide bonds. The Balaban J connectivity index is 1.26. The predicted octanol–water partition coefficient (Wildman–Crippen LogP) is 5.91. The monoisotopic (exact) mass is 502 g/mol. The van der Waals surface area contributed by atoms with Crippen molar-refractivity contribution >= 4 is 21.9 Å². The van der Waals surface area contributed by atoms with Crippen molar-refractivity contribution < 1.29 is 19.0 Å². The van der Waals surface area contributed by atoms with Crippen molar-refractivity contribution in [2.45, 2.75) is 87.9 Å². The number of halogens is 1. The van der Waals surface area contributed by atoms with Gasteiger partial charge >= 0.3 is 5.97 Å². The van der Waals surface area contributed by atoms with Crippen molar-refractivity contribution in [2.75, 3.05) is 6.61 Å². The van der Waals surface area contributed by atoms with Gasteiger partial charge in [0.05, 0.1) is 17.0 Å². The third kappa shape index (κ3) is 2.92. The molecule has 2 bridgehead atoms. The fourth-order valence-electron chi connectivity index (χ4n) is 8.84. The van der Waals surface area contributed by atoms with Crippen LogP contribution in [0.5, 0.6) is 5.75 Å². The van der Waals surface area contributed by atoms with Crippen LogP contribution in [-0.2, 0) is 14.3 Å². The predicted molar refractivity (Wildman–Crippen MR) is 126 cm³/mol. The van der Waals surface area contributed by atoms with E-state index in [0.29, 0.717) is 23.9 Å². The van der Waals surface area contributed by atoms with E-state index in [1.54, 1.807) is 0 Å². The smallest absolute Gasteiger partial charge is 0.302 e. The van der Waals surface area contributed by atoms with Crippen LogP contribution in [0.2, 0.25) is 0 Å². The third-order valence-electron chi connectivity index (χ3n) is 10.2. The minimum absolute atomic E-state index is 0.0183. The average molecular weight is 503 g/mol. The van der Waals surface area contributed by atoms with E-state index in [1.165, 1.54) is 26.2 Å². The van der Waals surface area contributed by atoms with E-state index in [-0.39, 0.29) is 33.3 Å². The van der Waals surface area contributed by atoms with E-state index < -0.39 is 0 Å². The van der Waals surface area contributed by atoms with Crippen LogP contribution in [-0.4, -0.2) is 35.2 Å². The van der Waals surface area contributed by atoms with Crippen molar-refractivity contribution in [3.05, 3.63) is 30.3 Å². The normalized spacial score (nSPS) is 49.0. The summed E-state index contributed by atoms with van der Waals surface area (Å²) in [5, 5.41) is 0. The molecule has 4 saturated carbocycles. The molecule has 32 heavy (non-hydrogen) atoms. The van der Waals surface area contributed by atoms with Crippen LogP contribution >= 0.6 is 15.9 Å². The fourth-order valence-corrected chi connectivity index (χ4v) is 10.1. The van der Waals surface area contributed by atoms with Crippen LogP contribution in [0.1, 0.15) is 65.2 Å². The summed E-state index contributed by atoms with van der Waals surface area (Å²) in [6.07, 6.45) is 9.55. The van der Waals surface area contributed by atoms with Crippen molar-refractivity contribution in [2.24, 2.45) is 28.6 Å². The lowest BCUT2D eigenvalue weighted by Crippen LogP contribution is -2.64. The van der Waals surface area contributed by atoms with Gasteiger partial charge in [-0.25, -0.2) is 0 Å². The molecular formula is C27H35BrO4. The van der Waals surface area contributed by atoms with Gasteiger partial charge in [0.15, 0.2) is 0 Å². The van der Waals surface area contributed by atoms with Crippen molar-refractivity contribution in [1.82, 2.24) is 0 Å². The van der Waals surface area contributed by atoms with Crippen LogP contribution in [0.3, 0.4) is 0 Å². The van der Waals surface area contributed by atoms with Crippen LogP contribution < -0.4 is 4.74 Å². The molecule has 1 aromatic carbocycles. The largest absolute Gasteiger partial charge is 0.490 e. The number of carbonyl (C=O) groups is 1. The highest BCUT2D eigenvalue weighted by Crippen LogP contribution is 2.72. The van der Waals surface area contributed by atoms with Crippen LogP contribution in [0.4, 0.5) is 0 Å². The van der Waals surface area contributed by atoms with Gasteiger partial charge < -0.3 is 14.2 Å². The lowest BCUT2D eigenvalue weighted by molar-refractivity contribution is -0.154. The second kappa shape index (κ2) is 7.46. The van der Waals surface area contributed by atoms with E-state index in [1.807, 2.05) is 0 Å². The Labute approximate surface area is 199 Å². The Kier molecular flexibility index (Phi) is 5.01. The van der Waals surface area contributed by atoms with Gasteiger partial charge in [-0.1, -0.05) is 41.1 Å². The molecule has 0 radical (unpaired) electrons. The Morgan fingerprint density at radius 1 is 1.09 bits per heavy atom. The molecular weight excluding hydrogens is 468 g/mol. The first kappa shape index (κ1) is 21.5. The Bertz CT molecular complexity index is 891. The van der Waals surface area contributed by atoms with Crippen molar-refractivity contribution in [3.63, 3.8) is 0 Å². The zero-order valence-corrected chi connectivity index (χ0v) is 20.8. The molecule has 0 unspecified atom stereocenters. The first-order valence-electron chi connectivity index (χ1n) is 12.6. The topological polar surface area (TPSA) is 44.8 Å². The average Bonchev–Trinajstić information content (AvgIpc) is 3.16. The maximum Gasteiger partial charge on any atom is 0.302 e. The zero-order valence-electron chi connectivity index (χ0n) is 19.2. The van der Waals surface area contributed by atoms with E-state index >= 15 is 0 Å². The van der Waals surface area contributed by atoms with Gasteiger partial charge in [-0.05, 0) is 74.8 Å². The number of para-hydroxylation sites is 1. The summed E-state index contributed by atoms with van der Waals surface area (Å²) in [6.45, 7) is 4.90. The molecule has 0 spiro atoms. The first-order valence-corrected chi connectivity index (χ1v) is 13.3. The molecule has 1 saturated heterocycles. The van der Waals surface area contributed by atoms with E-state index in [4.69, 9.17) is 14.2 Å². The van der Waals surface area contributed by atoms with Crippen LogP contribution in [0.15, 0.2) is 30.3 Å². The van der Waals surface area contributed by atoms with Crippen LogP contribution in [0.25, 0.3) is 0 Å². The summed E-state index contributed by atoms with van der Waals surface area (Å²) in [7, 11) is 0. The number of hydrogen-bond acceptors (Lipinski definition) is 4. The molecule has 1 aromatic rings. The lowest BCUT2D eigenvalue weighted by atomic mass is 9.45. The SMILES string of the molecule is CC(=O)O[C@@H]1CC[C@]23CO[C@H](C[C@H]4[C@@H]5CC[C@H](Oc6ccccc6)[C@@]5(C)CC[C@@H]42)[C@]3(Br)C1. The maximum absolute atomic E-state index is 11.6. The molecule has 9 atom stereocenters. The number of carbonyl (C=O) groups excluding carboxylic acids is 1.